The van der Waals surface area contributed by atoms with Crippen molar-refractivity contribution < 1.29 is 14.2 Å². The van der Waals surface area contributed by atoms with Gasteiger partial charge in [0.1, 0.15) is 18.2 Å². The maximum atomic E-state index is 7.99. The lowest BCUT2D eigenvalue weighted by Gasteiger charge is -2.06. The summed E-state index contributed by atoms with van der Waals surface area (Å²) in [5.41, 5.74) is 3.39. The molecule has 0 aliphatic heterocycles. The van der Waals surface area contributed by atoms with Gasteiger partial charge < -0.3 is 19.2 Å². The molecule has 3 aromatic rings. The van der Waals surface area contributed by atoms with Crippen LogP contribution in [0.2, 0.25) is 0 Å². The molecule has 25 heavy (non-hydrogen) atoms. The number of ether oxygens (including phenoxy) is 3. The number of benzene rings is 2. The number of aromatic amines is 1. The summed E-state index contributed by atoms with van der Waals surface area (Å²) in [4.78, 5) is 7.90. The first-order valence-corrected chi connectivity index (χ1v) is 8.15. The highest BCUT2D eigenvalue weighted by atomic mass is 16.5. The minimum Gasteiger partial charge on any atom is -0.494 e. The van der Waals surface area contributed by atoms with E-state index < -0.39 is 0 Å². The van der Waals surface area contributed by atoms with Gasteiger partial charge in [-0.2, -0.15) is 0 Å². The summed E-state index contributed by atoms with van der Waals surface area (Å²) in [6.07, 6.45) is 0. The molecule has 0 radical (unpaired) electrons. The van der Waals surface area contributed by atoms with Gasteiger partial charge >= 0.3 is 0 Å². The smallest absolute Gasteiger partial charge is 0.213 e. The molecule has 0 spiro atoms. The van der Waals surface area contributed by atoms with Gasteiger partial charge in [-0.3, -0.25) is 5.41 Å². The van der Waals surface area contributed by atoms with E-state index in [4.69, 9.17) is 19.6 Å². The van der Waals surface area contributed by atoms with Gasteiger partial charge in [0.05, 0.1) is 24.2 Å². The summed E-state index contributed by atoms with van der Waals surface area (Å²) in [6, 6.07) is 13.4. The van der Waals surface area contributed by atoms with Crippen LogP contribution < -0.4 is 4.74 Å². The summed E-state index contributed by atoms with van der Waals surface area (Å²) in [5, 5.41) is 7.99. The molecule has 0 unspecified atom stereocenters. The van der Waals surface area contributed by atoms with Gasteiger partial charge in [0.25, 0.3) is 0 Å². The number of H-pyrrole nitrogens is 1. The highest BCUT2D eigenvalue weighted by molar-refractivity contribution is 5.95. The molecule has 0 saturated heterocycles. The first-order chi connectivity index (χ1) is 12.2. The molecule has 6 nitrogen and oxygen atoms in total. The van der Waals surface area contributed by atoms with E-state index >= 15 is 0 Å². The van der Waals surface area contributed by atoms with Crippen LogP contribution in [-0.4, -0.2) is 42.8 Å². The molecule has 0 bridgehead atoms. The molecule has 0 aliphatic carbocycles. The van der Waals surface area contributed by atoms with Crippen molar-refractivity contribution >= 4 is 16.9 Å². The number of imidazole rings is 1. The molecule has 2 aromatic carbocycles. The van der Waals surface area contributed by atoms with E-state index in [-0.39, 0.29) is 5.90 Å². The van der Waals surface area contributed by atoms with E-state index in [1.165, 1.54) is 0 Å². The molecule has 6 heteroatoms. The van der Waals surface area contributed by atoms with Crippen LogP contribution in [0, 0.1) is 5.41 Å². The second-order valence-corrected chi connectivity index (χ2v) is 5.45. The van der Waals surface area contributed by atoms with Crippen molar-refractivity contribution in [1.29, 1.82) is 5.41 Å². The van der Waals surface area contributed by atoms with E-state index in [9.17, 15) is 0 Å². The van der Waals surface area contributed by atoms with Crippen molar-refractivity contribution in [1.82, 2.24) is 9.97 Å². The van der Waals surface area contributed by atoms with Crippen molar-refractivity contribution in [2.45, 2.75) is 6.92 Å². The predicted molar refractivity (Wildman–Crippen MR) is 97.4 cm³/mol. The van der Waals surface area contributed by atoms with Crippen molar-refractivity contribution in [3.8, 4) is 17.1 Å². The third kappa shape index (κ3) is 3.97. The fraction of sp³-hybridized carbons (Fsp3) is 0.263. The van der Waals surface area contributed by atoms with Crippen LogP contribution >= 0.6 is 0 Å². The number of methoxy groups -OCH3 is 1. The number of hydrogen-bond donors (Lipinski definition) is 2. The monoisotopic (exact) mass is 339 g/mol. The Labute approximate surface area is 146 Å². The summed E-state index contributed by atoms with van der Waals surface area (Å²) in [6.45, 7) is 3.41. The van der Waals surface area contributed by atoms with Gasteiger partial charge in [0, 0.05) is 18.2 Å². The predicted octanol–water partition coefficient (Wildman–Crippen LogP) is 3.62. The molecule has 1 heterocycles. The second kappa shape index (κ2) is 7.81. The maximum Gasteiger partial charge on any atom is 0.213 e. The molecule has 0 saturated carbocycles. The van der Waals surface area contributed by atoms with Gasteiger partial charge in [0.2, 0.25) is 5.90 Å². The number of aromatic nitrogens is 2. The van der Waals surface area contributed by atoms with Crippen LogP contribution in [-0.2, 0) is 9.47 Å². The Kier molecular flexibility index (Phi) is 5.30. The third-order valence-corrected chi connectivity index (χ3v) is 3.72. The number of nitrogens with zero attached hydrogens (tertiary/aromatic N) is 1. The van der Waals surface area contributed by atoms with Crippen molar-refractivity contribution in [2.75, 3.05) is 26.9 Å². The zero-order valence-corrected chi connectivity index (χ0v) is 14.3. The van der Waals surface area contributed by atoms with Crippen LogP contribution in [0.25, 0.3) is 22.4 Å². The first-order valence-electron chi connectivity index (χ1n) is 8.15. The van der Waals surface area contributed by atoms with E-state index in [1.54, 1.807) is 7.11 Å². The quantitative estimate of drug-likeness (QED) is 0.391. The van der Waals surface area contributed by atoms with Crippen LogP contribution in [0.1, 0.15) is 12.5 Å². The standard InChI is InChI=1S/C19H21N3O3/c1-3-24-15-7-4-13(5-8-15)19-21-16-9-6-14(12-17(16)22-19)18(20)25-11-10-23-2/h4-9,12,20H,3,10-11H2,1-2H3,(H,21,22). The Morgan fingerprint density at radius 2 is 1.92 bits per heavy atom. The summed E-state index contributed by atoms with van der Waals surface area (Å²) < 4.78 is 15.7. The van der Waals surface area contributed by atoms with Crippen LogP contribution in [0.15, 0.2) is 42.5 Å². The Morgan fingerprint density at radius 3 is 2.64 bits per heavy atom. The number of nitrogens with one attached hydrogen (secondary N) is 2. The second-order valence-electron chi connectivity index (χ2n) is 5.45. The minimum atomic E-state index is 0.121. The fourth-order valence-electron chi connectivity index (χ4n) is 2.47. The zero-order chi connectivity index (χ0) is 17.6. The van der Waals surface area contributed by atoms with E-state index in [0.29, 0.717) is 25.4 Å². The largest absolute Gasteiger partial charge is 0.494 e. The van der Waals surface area contributed by atoms with Crippen LogP contribution in [0.4, 0.5) is 0 Å². The Balaban J connectivity index is 1.81. The highest BCUT2D eigenvalue weighted by Gasteiger charge is 2.09. The lowest BCUT2D eigenvalue weighted by Crippen LogP contribution is -2.09. The van der Waals surface area contributed by atoms with E-state index in [1.807, 2.05) is 49.4 Å². The Bertz CT molecular complexity index is 856. The SMILES string of the molecule is CCOc1ccc(-c2nc3ccc(C(=N)OCCOC)cc3[nH]2)cc1. The molecular weight excluding hydrogens is 318 g/mol. The molecule has 0 fully saturated rings. The van der Waals surface area contributed by atoms with Gasteiger partial charge in [-0.05, 0) is 49.4 Å². The van der Waals surface area contributed by atoms with E-state index in [0.717, 1.165) is 28.2 Å². The molecule has 0 amide bonds. The normalized spacial score (nSPS) is 10.8. The third-order valence-electron chi connectivity index (χ3n) is 3.72. The summed E-state index contributed by atoms with van der Waals surface area (Å²) in [7, 11) is 1.60. The van der Waals surface area contributed by atoms with Crippen molar-refractivity contribution in [3.63, 3.8) is 0 Å². The first kappa shape index (κ1) is 17.0. The van der Waals surface area contributed by atoms with Gasteiger partial charge in [0.15, 0.2) is 0 Å². The average Bonchev–Trinajstić information content (AvgIpc) is 3.06. The van der Waals surface area contributed by atoms with Crippen molar-refractivity contribution in [3.05, 3.63) is 48.0 Å². The van der Waals surface area contributed by atoms with E-state index in [2.05, 4.69) is 9.97 Å². The lowest BCUT2D eigenvalue weighted by molar-refractivity contribution is 0.141. The summed E-state index contributed by atoms with van der Waals surface area (Å²) in [5.74, 6) is 1.74. The van der Waals surface area contributed by atoms with Gasteiger partial charge in [-0.15, -0.1) is 0 Å². The van der Waals surface area contributed by atoms with Crippen LogP contribution in [0.3, 0.4) is 0 Å². The molecular formula is C19H21N3O3. The van der Waals surface area contributed by atoms with Crippen molar-refractivity contribution in [2.24, 2.45) is 0 Å². The molecule has 2 N–H and O–H groups in total. The lowest BCUT2D eigenvalue weighted by atomic mass is 10.2. The molecule has 1 aromatic heterocycles. The average molecular weight is 339 g/mol. The zero-order valence-electron chi connectivity index (χ0n) is 14.3. The van der Waals surface area contributed by atoms with Gasteiger partial charge in [-0.25, -0.2) is 4.98 Å². The molecule has 3 rings (SSSR count). The Hall–Kier alpha value is -2.86. The highest BCUT2D eigenvalue weighted by Crippen LogP contribution is 2.23. The topological polar surface area (TPSA) is 80.2 Å². The fourth-order valence-corrected chi connectivity index (χ4v) is 2.47. The molecule has 0 atom stereocenters. The van der Waals surface area contributed by atoms with Crippen LogP contribution in [0.5, 0.6) is 5.75 Å². The van der Waals surface area contributed by atoms with Gasteiger partial charge in [-0.1, -0.05) is 0 Å². The molecule has 130 valence electrons. The number of fused-ring (bicyclic) bond motifs is 1. The Morgan fingerprint density at radius 1 is 1.12 bits per heavy atom. The summed E-state index contributed by atoms with van der Waals surface area (Å²) >= 11 is 0. The molecule has 0 aliphatic rings. The minimum absolute atomic E-state index is 0.121. The maximum absolute atomic E-state index is 7.99. The number of hydrogen-bond acceptors (Lipinski definition) is 5. The number of rotatable bonds is 7.